The highest BCUT2D eigenvalue weighted by Crippen LogP contribution is 2.11. The molecule has 0 aliphatic carbocycles. The summed E-state index contributed by atoms with van der Waals surface area (Å²) in [5, 5.41) is 3.19. The van der Waals surface area contributed by atoms with Gasteiger partial charge in [0.1, 0.15) is 12.4 Å². The van der Waals surface area contributed by atoms with Crippen molar-refractivity contribution >= 4 is 36.0 Å². The Morgan fingerprint density at radius 3 is 2.88 bits per heavy atom. The van der Waals surface area contributed by atoms with Crippen LogP contribution in [0, 0.1) is 0 Å². The number of amides is 1. The zero-order valence-corrected chi connectivity index (χ0v) is 16.7. The number of ether oxygens (including phenoxy) is 2. The normalized spacial score (nSPS) is 15.2. The third kappa shape index (κ3) is 7.76. The summed E-state index contributed by atoms with van der Waals surface area (Å²) in [6.45, 7) is 4.44. The van der Waals surface area contributed by atoms with E-state index in [4.69, 9.17) is 15.2 Å². The Labute approximate surface area is 165 Å². The average Bonchev–Trinajstić information content (AvgIpc) is 2.60. The lowest BCUT2D eigenvalue weighted by atomic mass is 10.1. The van der Waals surface area contributed by atoms with Gasteiger partial charge in [0, 0.05) is 25.3 Å². The molecule has 140 valence electrons. The Balaban J connectivity index is 0.00000312. The molecule has 1 aromatic heterocycles. The summed E-state index contributed by atoms with van der Waals surface area (Å²) in [6, 6.07) is 3.88. The molecular formula is C16H26IN5O3. The van der Waals surface area contributed by atoms with Gasteiger partial charge < -0.3 is 25.4 Å². The van der Waals surface area contributed by atoms with Crippen LogP contribution in [0.5, 0.6) is 5.75 Å². The van der Waals surface area contributed by atoms with Crippen molar-refractivity contribution in [3.8, 4) is 5.75 Å². The third-order valence-electron chi connectivity index (χ3n) is 3.65. The number of rotatable bonds is 6. The van der Waals surface area contributed by atoms with Crippen molar-refractivity contribution < 1.29 is 14.3 Å². The van der Waals surface area contributed by atoms with Gasteiger partial charge in [-0.3, -0.25) is 4.98 Å². The Morgan fingerprint density at radius 1 is 1.48 bits per heavy atom. The SMILES string of the molecule is CCOC(=O)N1CCC(NC(N)=NCCOc2cccnc2)CC1.I. The molecule has 1 amide bonds. The molecule has 1 aromatic rings. The molecular weight excluding hydrogens is 437 g/mol. The van der Waals surface area contributed by atoms with Gasteiger partial charge in [0.05, 0.1) is 19.3 Å². The maximum Gasteiger partial charge on any atom is 0.409 e. The van der Waals surface area contributed by atoms with Crippen molar-refractivity contribution in [2.24, 2.45) is 10.7 Å². The van der Waals surface area contributed by atoms with Gasteiger partial charge in [-0.15, -0.1) is 24.0 Å². The molecule has 9 heteroatoms. The Morgan fingerprint density at radius 2 is 2.24 bits per heavy atom. The van der Waals surface area contributed by atoms with Crippen LogP contribution in [-0.2, 0) is 4.74 Å². The highest BCUT2D eigenvalue weighted by Gasteiger charge is 2.23. The average molecular weight is 463 g/mol. The number of hydrogen-bond donors (Lipinski definition) is 2. The van der Waals surface area contributed by atoms with Gasteiger partial charge in [0.25, 0.3) is 0 Å². The van der Waals surface area contributed by atoms with E-state index >= 15 is 0 Å². The molecule has 0 unspecified atom stereocenters. The predicted octanol–water partition coefficient (Wildman–Crippen LogP) is 1.60. The summed E-state index contributed by atoms with van der Waals surface area (Å²) in [4.78, 5) is 21.6. The van der Waals surface area contributed by atoms with Crippen LogP contribution < -0.4 is 15.8 Å². The zero-order valence-electron chi connectivity index (χ0n) is 14.4. The predicted molar refractivity (Wildman–Crippen MR) is 106 cm³/mol. The second-order valence-corrected chi connectivity index (χ2v) is 5.41. The number of guanidine groups is 1. The number of nitrogens with zero attached hydrogens (tertiary/aromatic N) is 3. The number of nitrogens with two attached hydrogens (primary N) is 1. The number of nitrogens with one attached hydrogen (secondary N) is 1. The molecule has 2 heterocycles. The van der Waals surface area contributed by atoms with Gasteiger partial charge >= 0.3 is 6.09 Å². The fraction of sp³-hybridized carbons (Fsp3) is 0.562. The Kier molecular flexibility index (Phi) is 9.97. The van der Waals surface area contributed by atoms with E-state index in [2.05, 4.69) is 15.3 Å². The van der Waals surface area contributed by atoms with Gasteiger partial charge in [0.2, 0.25) is 0 Å². The lowest BCUT2D eigenvalue weighted by molar-refractivity contribution is 0.0963. The Hall–Kier alpha value is -1.78. The molecule has 0 radical (unpaired) electrons. The first-order valence-electron chi connectivity index (χ1n) is 8.20. The first kappa shape index (κ1) is 21.3. The fourth-order valence-electron chi connectivity index (χ4n) is 2.44. The molecule has 0 saturated carbocycles. The molecule has 0 spiro atoms. The number of piperidine rings is 1. The number of carbonyl (C=O) groups excluding carboxylic acids is 1. The molecule has 3 N–H and O–H groups in total. The van der Waals surface area contributed by atoms with Crippen molar-refractivity contribution in [2.75, 3.05) is 32.8 Å². The molecule has 0 atom stereocenters. The van der Waals surface area contributed by atoms with Crippen molar-refractivity contribution in [3.63, 3.8) is 0 Å². The van der Waals surface area contributed by atoms with Crippen LogP contribution in [0.15, 0.2) is 29.5 Å². The van der Waals surface area contributed by atoms with Crippen molar-refractivity contribution in [2.45, 2.75) is 25.8 Å². The van der Waals surface area contributed by atoms with Crippen LogP contribution in [0.2, 0.25) is 0 Å². The molecule has 1 saturated heterocycles. The number of hydrogen-bond acceptors (Lipinski definition) is 5. The molecule has 2 rings (SSSR count). The smallest absolute Gasteiger partial charge is 0.409 e. The molecule has 1 aliphatic heterocycles. The highest BCUT2D eigenvalue weighted by atomic mass is 127. The summed E-state index contributed by atoms with van der Waals surface area (Å²) >= 11 is 0. The van der Waals surface area contributed by atoms with Gasteiger partial charge in [-0.2, -0.15) is 0 Å². The zero-order chi connectivity index (χ0) is 17.2. The largest absolute Gasteiger partial charge is 0.490 e. The van der Waals surface area contributed by atoms with E-state index in [0.717, 1.165) is 12.8 Å². The maximum absolute atomic E-state index is 11.6. The van der Waals surface area contributed by atoms with E-state index in [9.17, 15) is 4.79 Å². The molecule has 25 heavy (non-hydrogen) atoms. The number of pyridine rings is 1. The van der Waals surface area contributed by atoms with E-state index in [-0.39, 0.29) is 36.1 Å². The fourth-order valence-corrected chi connectivity index (χ4v) is 2.44. The summed E-state index contributed by atoms with van der Waals surface area (Å²) in [6.07, 6.45) is 4.75. The van der Waals surface area contributed by atoms with E-state index in [1.807, 2.05) is 12.1 Å². The number of aromatic nitrogens is 1. The lowest BCUT2D eigenvalue weighted by Crippen LogP contribution is -2.48. The van der Waals surface area contributed by atoms with Crippen molar-refractivity contribution in [1.82, 2.24) is 15.2 Å². The van der Waals surface area contributed by atoms with E-state index in [1.165, 1.54) is 0 Å². The summed E-state index contributed by atoms with van der Waals surface area (Å²) in [7, 11) is 0. The molecule has 1 aliphatic rings. The van der Waals surface area contributed by atoms with Crippen molar-refractivity contribution in [3.05, 3.63) is 24.5 Å². The number of aliphatic imine (C=N–C) groups is 1. The van der Waals surface area contributed by atoms with Crippen LogP contribution >= 0.6 is 24.0 Å². The monoisotopic (exact) mass is 463 g/mol. The van der Waals surface area contributed by atoms with Crippen LogP contribution in [0.25, 0.3) is 0 Å². The topological polar surface area (TPSA) is 102 Å². The van der Waals surface area contributed by atoms with Crippen molar-refractivity contribution in [1.29, 1.82) is 0 Å². The number of likely N-dealkylation sites (tertiary alicyclic amines) is 1. The Bertz CT molecular complexity index is 536. The quantitative estimate of drug-likeness (QED) is 0.288. The van der Waals surface area contributed by atoms with E-state index < -0.39 is 0 Å². The molecule has 0 aromatic carbocycles. The van der Waals surface area contributed by atoms with Crippen LogP contribution in [0.4, 0.5) is 4.79 Å². The minimum atomic E-state index is -0.245. The maximum atomic E-state index is 11.6. The van der Waals surface area contributed by atoms with Gasteiger partial charge in [0.15, 0.2) is 5.96 Å². The molecule has 0 bridgehead atoms. The molecule has 8 nitrogen and oxygen atoms in total. The van der Waals surface area contributed by atoms with E-state index in [1.54, 1.807) is 24.2 Å². The first-order chi connectivity index (χ1) is 11.7. The minimum Gasteiger partial charge on any atom is -0.490 e. The minimum absolute atomic E-state index is 0. The second-order valence-electron chi connectivity index (χ2n) is 5.41. The van der Waals surface area contributed by atoms with Crippen LogP contribution in [0.3, 0.4) is 0 Å². The van der Waals surface area contributed by atoms with Gasteiger partial charge in [-0.1, -0.05) is 0 Å². The van der Waals surface area contributed by atoms with Crippen LogP contribution in [-0.4, -0.2) is 60.8 Å². The standard InChI is InChI=1S/C16H25N5O3.HI/c1-2-23-16(22)21-9-5-13(6-10-21)20-15(17)19-8-11-24-14-4-3-7-18-12-14;/h3-4,7,12-13H,2,5-6,8-11H2,1H3,(H3,17,19,20);1H. The van der Waals surface area contributed by atoms with E-state index in [0.29, 0.717) is 44.6 Å². The summed E-state index contributed by atoms with van der Waals surface area (Å²) in [5.41, 5.74) is 5.89. The third-order valence-corrected chi connectivity index (χ3v) is 3.65. The number of carbonyl (C=O) groups is 1. The molecule has 1 fully saturated rings. The summed E-state index contributed by atoms with van der Waals surface area (Å²) in [5.74, 6) is 1.12. The lowest BCUT2D eigenvalue weighted by Gasteiger charge is -2.31. The van der Waals surface area contributed by atoms with Crippen LogP contribution in [0.1, 0.15) is 19.8 Å². The highest BCUT2D eigenvalue weighted by molar-refractivity contribution is 14.0. The van der Waals surface area contributed by atoms with Gasteiger partial charge in [-0.05, 0) is 31.9 Å². The second kappa shape index (κ2) is 11.7. The number of halogens is 1. The van der Waals surface area contributed by atoms with Gasteiger partial charge in [-0.25, -0.2) is 9.79 Å². The summed E-state index contributed by atoms with van der Waals surface area (Å²) < 4.78 is 10.5. The first-order valence-corrected chi connectivity index (χ1v) is 8.20.